The zero-order chi connectivity index (χ0) is 11.5. The molecule has 3 nitrogen and oxygen atoms in total. The molecule has 0 saturated heterocycles. The second-order valence-corrected chi connectivity index (χ2v) is 5.42. The van der Waals surface area contributed by atoms with Gasteiger partial charge in [-0.2, -0.15) is 0 Å². The van der Waals surface area contributed by atoms with Gasteiger partial charge >= 0.3 is 5.97 Å². The van der Waals surface area contributed by atoms with Gasteiger partial charge in [-0.3, -0.25) is 4.79 Å². The van der Waals surface area contributed by atoms with E-state index in [1.165, 1.54) is 6.42 Å². The van der Waals surface area contributed by atoms with Crippen LogP contribution in [0.2, 0.25) is 0 Å². The highest BCUT2D eigenvalue weighted by molar-refractivity contribution is 5.73. The van der Waals surface area contributed by atoms with Gasteiger partial charge in [0.2, 0.25) is 0 Å². The molecule has 1 fully saturated rings. The van der Waals surface area contributed by atoms with Crippen LogP contribution < -0.4 is 5.73 Å². The third-order valence-corrected chi connectivity index (χ3v) is 2.92. The van der Waals surface area contributed by atoms with Gasteiger partial charge < -0.3 is 10.5 Å². The topological polar surface area (TPSA) is 52.3 Å². The second-order valence-electron chi connectivity index (χ2n) is 5.42. The first-order chi connectivity index (χ1) is 6.94. The lowest BCUT2D eigenvalue weighted by molar-refractivity contribution is -0.163. The fraction of sp³-hybridized carbons (Fsp3) is 0.917. The molecule has 88 valence electrons. The SMILES string of the molecule is CC(C)(C)OC(=O)[C@@H]1CCCC[C@@H]1CN. The number of hydrogen-bond acceptors (Lipinski definition) is 3. The Labute approximate surface area is 92.4 Å². The average molecular weight is 213 g/mol. The zero-order valence-corrected chi connectivity index (χ0v) is 10.1. The predicted octanol–water partition coefficient (Wildman–Crippen LogP) is 2.09. The Morgan fingerprint density at radius 3 is 2.47 bits per heavy atom. The minimum Gasteiger partial charge on any atom is -0.460 e. The van der Waals surface area contributed by atoms with Crippen molar-refractivity contribution >= 4 is 5.97 Å². The summed E-state index contributed by atoms with van der Waals surface area (Å²) in [6.45, 7) is 6.32. The van der Waals surface area contributed by atoms with Crippen LogP contribution in [0.3, 0.4) is 0 Å². The van der Waals surface area contributed by atoms with Crippen LogP contribution in [0.25, 0.3) is 0 Å². The van der Waals surface area contributed by atoms with Crippen molar-refractivity contribution in [2.24, 2.45) is 17.6 Å². The summed E-state index contributed by atoms with van der Waals surface area (Å²) >= 11 is 0. The summed E-state index contributed by atoms with van der Waals surface area (Å²) in [6.07, 6.45) is 4.33. The molecule has 0 heterocycles. The van der Waals surface area contributed by atoms with Crippen LogP contribution in [-0.4, -0.2) is 18.1 Å². The van der Waals surface area contributed by atoms with E-state index in [9.17, 15) is 4.79 Å². The minimum atomic E-state index is -0.381. The molecular weight excluding hydrogens is 190 g/mol. The zero-order valence-electron chi connectivity index (χ0n) is 10.1. The molecule has 0 unspecified atom stereocenters. The highest BCUT2D eigenvalue weighted by Crippen LogP contribution is 2.31. The standard InChI is InChI=1S/C12H23NO2/c1-12(2,3)15-11(14)10-7-5-4-6-9(10)8-13/h9-10H,4-8,13H2,1-3H3/t9-,10-/m1/s1. The average Bonchev–Trinajstić information content (AvgIpc) is 2.15. The van der Waals surface area contributed by atoms with Gasteiger partial charge in [-0.25, -0.2) is 0 Å². The quantitative estimate of drug-likeness (QED) is 0.715. The van der Waals surface area contributed by atoms with Crippen molar-refractivity contribution in [2.75, 3.05) is 6.54 Å². The predicted molar refractivity (Wildman–Crippen MR) is 60.3 cm³/mol. The monoisotopic (exact) mass is 213 g/mol. The summed E-state index contributed by atoms with van der Waals surface area (Å²) in [6, 6.07) is 0. The molecule has 0 radical (unpaired) electrons. The first kappa shape index (κ1) is 12.5. The van der Waals surface area contributed by atoms with E-state index in [4.69, 9.17) is 10.5 Å². The number of esters is 1. The molecule has 0 amide bonds. The molecule has 0 aromatic rings. The van der Waals surface area contributed by atoms with Gasteiger partial charge in [0.25, 0.3) is 0 Å². The van der Waals surface area contributed by atoms with E-state index in [2.05, 4.69) is 0 Å². The Morgan fingerprint density at radius 2 is 1.93 bits per heavy atom. The minimum absolute atomic E-state index is 0.0305. The van der Waals surface area contributed by atoms with E-state index in [0.29, 0.717) is 12.5 Å². The fourth-order valence-electron chi connectivity index (χ4n) is 2.18. The van der Waals surface area contributed by atoms with Crippen molar-refractivity contribution in [1.29, 1.82) is 0 Å². The maximum Gasteiger partial charge on any atom is 0.309 e. The molecule has 1 aliphatic rings. The molecular formula is C12H23NO2. The van der Waals surface area contributed by atoms with Crippen molar-refractivity contribution < 1.29 is 9.53 Å². The molecule has 0 aromatic carbocycles. The number of rotatable bonds is 2. The van der Waals surface area contributed by atoms with Gasteiger partial charge in [-0.05, 0) is 46.1 Å². The van der Waals surface area contributed by atoms with E-state index in [1.807, 2.05) is 20.8 Å². The van der Waals surface area contributed by atoms with Gasteiger partial charge in [0, 0.05) is 0 Å². The van der Waals surface area contributed by atoms with Crippen molar-refractivity contribution in [2.45, 2.75) is 52.1 Å². The molecule has 3 heteroatoms. The summed E-state index contributed by atoms with van der Waals surface area (Å²) in [5.74, 6) is 0.300. The molecule has 2 atom stereocenters. The molecule has 15 heavy (non-hydrogen) atoms. The van der Waals surface area contributed by atoms with Crippen LogP contribution in [0.5, 0.6) is 0 Å². The summed E-state index contributed by atoms with van der Waals surface area (Å²) in [5, 5.41) is 0. The van der Waals surface area contributed by atoms with Crippen LogP contribution in [0.1, 0.15) is 46.5 Å². The van der Waals surface area contributed by atoms with Crippen LogP contribution in [0.4, 0.5) is 0 Å². The normalized spacial score (nSPS) is 27.5. The largest absolute Gasteiger partial charge is 0.460 e. The molecule has 0 aliphatic heterocycles. The summed E-state index contributed by atoms with van der Waals surface area (Å²) in [7, 11) is 0. The van der Waals surface area contributed by atoms with Crippen molar-refractivity contribution in [1.82, 2.24) is 0 Å². The van der Waals surface area contributed by atoms with E-state index >= 15 is 0 Å². The Bertz CT molecular complexity index is 220. The lowest BCUT2D eigenvalue weighted by Gasteiger charge is -2.31. The highest BCUT2D eigenvalue weighted by atomic mass is 16.6. The Morgan fingerprint density at radius 1 is 1.33 bits per heavy atom. The molecule has 0 aromatic heterocycles. The van der Waals surface area contributed by atoms with Gasteiger partial charge in [-0.15, -0.1) is 0 Å². The van der Waals surface area contributed by atoms with Crippen molar-refractivity contribution in [3.63, 3.8) is 0 Å². The molecule has 0 spiro atoms. The maximum absolute atomic E-state index is 11.9. The lowest BCUT2D eigenvalue weighted by Crippen LogP contribution is -2.37. The molecule has 0 bridgehead atoms. The van der Waals surface area contributed by atoms with Gasteiger partial charge in [0.15, 0.2) is 0 Å². The van der Waals surface area contributed by atoms with Crippen LogP contribution in [0, 0.1) is 11.8 Å². The van der Waals surface area contributed by atoms with Gasteiger partial charge in [0.05, 0.1) is 5.92 Å². The lowest BCUT2D eigenvalue weighted by atomic mass is 9.79. The number of ether oxygens (including phenoxy) is 1. The first-order valence-electron chi connectivity index (χ1n) is 5.87. The fourth-order valence-corrected chi connectivity index (χ4v) is 2.18. The number of hydrogen-bond donors (Lipinski definition) is 1. The van der Waals surface area contributed by atoms with E-state index < -0.39 is 0 Å². The van der Waals surface area contributed by atoms with Crippen molar-refractivity contribution in [3.8, 4) is 0 Å². The maximum atomic E-state index is 11.9. The first-order valence-corrected chi connectivity index (χ1v) is 5.87. The smallest absolute Gasteiger partial charge is 0.309 e. The van der Waals surface area contributed by atoms with Gasteiger partial charge in [-0.1, -0.05) is 12.8 Å². The Kier molecular flexibility index (Phi) is 4.14. The van der Waals surface area contributed by atoms with Crippen molar-refractivity contribution in [3.05, 3.63) is 0 Å². The third-order valence-electron chi connectivity index (χ3n) is 2.92. The Hall–Kier alpha value is -0.570. The number of carbonyl (C=O) groups excluding carboxylic acids is 1. The van der Waals surface area contributed by atoms with E-state index in [0.717, 1.165) is 19.3 Å². The van der Waals surface area contributed by atoms with Gasteiger partial charge in [0.1, 0.15) is 5.60 Å². The van der Waals surface area contributed by atoms with E-state index in [-0.39, 0.29) is 17.5 Å². The van der Waals surface area contributed by atoms with E-state index in [1.54, 1.807) is 0 Å². The molecule has 1 rings (SSSR count). The highest BCUT2D eigenvalue weighted by Gasteiger charge is 2.33. The second kappa shape index (κ2) is 4.97. The molecule has 1 aliphatic carbocycles. The van der Waals surface area contributed by atoms with Crippen LogP contribution in [-0.2, 0) is 9.53 Å². The van der Waals surface area contributed by atoms with Crippen LogP contribution in [0.15, 0.2) is 0 Å². The molecule has 1 saturated carbocycles. The summed E-state index contributed by atoms with van der Waals surface area (Å²) in [4.78, 5) is 11.9. The Balaban J connectivity index is 2.56. The van der Waals surface area contributed by atoms with Crippen LogP contribution >= 0.6 is 0 Å². The summed E-state index contributed by atoms with van der Waals surface area (Å²) < 4.78 is 5.41. The number of nitrogens with two attached hydrogens (primary N) is 1. The third kappa shape index (κ3) is 3.82. The summed E-state index contributed by atoms with van der Waals surface area (Å²) in [5.41, 5.74) is 5.31. The number of carbonyl (C=O) groups is 1. The molecule has 2 N–H and O–H groups in total.